The molecule has 0 aromatic rings. The monoisotopic (exact) mass is 483 g/mol. The maximum Gasteiger partial charge on any atom is 0.318 e. The van der Waals surface area contributed by atoms with Gasteiger partial charge in [-0.15, -0.1) is 0 Å². The van der Waals surface area contributed by atoms with E-state index in [0.717, 1.165) is 0 Å². The van der Waals surface area contributed by atoms with E-state index in [4.69, 9.17) is 9.47 Å². The van der Waals surface area contributed by atoms with Crippen LogP contribution in [0.4, 0.5) is 0 Å². The van der Waals surface area contributed by atoms with Gasteiger partial charge in [-0.25, -0.2) is 0 Å². The summed E-state index contributed by atoms with van der Waals surface area (Å²) < 4.78 is 9.83. The normalized spacial score (nSPS) is 14.1. The number of hydrogen-bond donors (Lipinski definition) is 0. The van der Waals surface area contributed by atoms with Gasteiger partial charge < -0.3 is 9.47 Å². The van der Waals surface area contributed by atoms with Gasteiger partial charge in [-0.1, -0.05) is 45.2 Å². The fraction of sp³-hybridized carbons (Fsp3) is 0.818. The number of carbonyl (C=O) groups is 2. The Morgan fingerprint density at radius 1 is 1.00 bits per heavy atom. The minimum atomic E-state index is -0.200. The summed E-state index contributed by atoms with van der Waals surface area (Å²) in [6.07, 6.45) is 0. The van der Waals surface area contributed by atoms with Crippen LogP contribution in [0.5, 0.6) is 0 Å². The van der Waals surface area contributed by atoms with E-state index in [2.05, 4.69) is 0 Å². The van der Waals surface area contributed by atoms with Crippen molar-refractivity contribution in [1.29, 1.82) is 0 Å². The molecule has 2 atom stereocenters. The molecular formula is C11H19I2NO4. The van der Waals surface area contributed by atoms with Crippen LogP contribution in [0.15, 0.2) is 0 Å². The number of likely N-dealkylation sites (N-methyl/N-ethyl adjacent to an activating group) is 1. The predicted octanol–water partition coefficient (Wildman–Crippen LogP) is 1.65. The molecule has 0 saturated carbocycles. The summed E-state index contributed by atoms with van der Waals surface area (Å²) in [7, 11) is 1.89. The molecule has 0 N–H and O–H groups in total. The van der Waals surface area contributed by atoms with E-state index in [1.807, 2.05) is 57.1 Å². The van der Waals surface area contributed by atoms with Crippen LogP contribution in [0.25, 0.3) is 0 Å². The second-order valence-electron chi connectivity index (χ2n) is 3.87. The van der Waals surface area contributed by atoms with Crippen LogP contribution in [0, 0.1) is 0 Å². The molecule has 7 heteroatoms. The number of hydrogen-bond acceptors (Lipinski definition) is 5. The number of rotatable bonds is 8. The molecule has 0 aromatic carbocycles. The third kappa shape index (κ3) is 9.31. The highest BCUT2D eigenvalue weighted by atomic mass is 127. The van der Waals surface area contributed by atoms with Crippen molar-refractivity contribution in [3.8, 4) is 0 Å². The molecule has 18 heavy (non-hydrogen) atoms. The van der Waals surface area contributed by atoms with Gasteiger partial charge in [0.2, 0.25) is 0 Å². The molecule has 0 spiro atoms. The molecule has 0 amide bonds. The smallest absolute Gasteiger partial charge is 0.318 e. The average Bonchev–Trinajstić information content (AvgIpc) is 2.28. The Balaban J connectivity index is 3.57. The zero-order valence-corrected chi connectivity index (χ0v) is 15.1. The van der Waals surface area contributed by atoms with Gasteiger partial charge in [0.15, 0.2) is 0 Å². The maximum absolute atomic E-state index is 11.2. The highest BCUT2D eigenvalue weighted by Crippen LogP contribution is 2.02. The predicted molar refractivity (Wildman–Crippen MR) is 86.4 cm³/mol. The lowest BCUT2D eigenvalue weighted by atomic mass is 10.5. The zero-order chi connectivity index (χ0) is 14.1. The largest absolute Gasteiger partial charge is 0.464 e. The van der Waals surface area contributed by atoms with Gasteiger partial charge in [0.1, 0.15) is 21.1 Å². The Kier molecular flexibility index (Phi) is 10.4. The molecule has 0 saturated heterocycles. The lowest BCUT2D eigenvalue weighted by Crippen LogP contribution is -2.30. The summed E-state index contributed by atoms with van der Waals surface area (Å²) in [6, 6.07) is 0. The summed E-state index contributed by atoms with van der Waals surface area (Å²) in [6.45, 7) is 5.56. The number of alkyl halides is 2. The average molecular weight is 483 g/mol. The van der Waals surface area contributed by atoms with Crippen molar-refractivity contribution in [3.63, 3.8) is 0 Å². The summed E-state index contributed by atoms with van der Waals surface area (Å²) in [4.78, 5) is 24.3. The zero-order valence-electron chi connectivity index (χ0n) is 10.8. The lowest BCUT2D eigenvalue weighted by Gasteiger charge is -2.17. The molecule has 0 aromatic heterocycles. The lowest BCUT2D eigenvalue weighted by molar-refractivity contribution is -0.142. The third-order valence-corrected chi connectivity index (χ3v) is 3.10. The molecule has 0 fully saturated rings. The van der Waals surface area contributed by atoms with Crippen LogP contribution in [0.2, 0.25) is 0 Å². The fourth-order valence-electron chi connectivity index (χ4n) is 0.946. The molecule has 0 heterocycles. The summed E-state index contributed by atoms with van der Waals surface area (Å²) in [5.41, 5.74) is 0. The summed E-state index contributed by atoms with van der Waals surface area (Å²) in [5.74, 6) is -0.400. The van der Waals surface area contributed by atoms with Crippen molar-refractivity contribution in [3.05, 3.63) is 0 Å². The van der Waals surface area contributed by atoms with Crippen molar-refractivity contribution in [2.45, 2.75) is 21.7 Å². The molecule has 0 radical (unpaired) electrons. The van der Waals surface area contributed by atoms with Crippen molar-refractivity contribution in [2.75, 3.05) is 33.4 Å². The van der Waals surface area contributed by atoms with Crippen LogP contribution < -0.4 is 0 Å². The van der Waals surface area contributed by atoms with Crippen molar-refractivity contribution in [2.24, 2.45) is 0 Å². The van der Waals surface area contributed by atoms with E-state index < -0.39 is 0 Å². The molecule has 0 aliphatic heterocycles. The van der Waals surface area contributed by atoms with Gasteiger partial charge in [-0.3, -0.25) is 14.5 Å². The summed E-state index contributed by atoms with van der Waals surface area (Å²) >= 11 is 4.03. The minimum Gasteiger partial charge on any atom is -0.464 e. The van der Waals surface area contributed by atoms with Gasteiger partial charge in [0, 0.05) is 13.1 Å². The van der Waals surface area contributed by atoms with E-state index in [1.165, 1.54) is 0 Å². The van der Waals surface area contributed by atoms with Crippen LogP contribution in [0.3, 0.4) is 0 Å². The SMILES string of the molecule is CC(I)C(=O)OCCN(C)CCOC(=O)C(C)I. The molecule has 5 nitrogen and oxygen atoms in total. The van der Waals surface area contributed by atoms with Crippen LogP contribution in [-0.4, -0.2) is 58.0 Å². The first-order valence-corrected chi connectivity index (χ1v) is 8.13. The number of esters is 2. The number of nitrogens with zero attached hydrogens (tertiary/aromatic N) is 1. The molecule has 106 valence electrons. The highest BCUT2D eigenvalue weighted by molar-refractivity contribution is 14.1. The second-order valence-corrected chi connectivity index (χ2v) is 7.61. The first-order chi connectivity index (χ1) is 8.34. The maximum atomic E-state index is 11.2. The standard InChI is InChI=1S/C11H19I2NO4/c1-8(12)10(15)17-6-4-14(3)5-7-18-11(16)9(2)13/h8-9H,4-7H2,1-3H3. The first-order valence-electron chi connectivity index (χ1n) is 5.64. The van der Waals surface area contributed by atoms with E-state index in [9.17, 15) is 9.59 Å². The third-order valence-electron chi connectivity index (χ3n) is 2.08. The summed E-state index contributed by atoms with van der Waals surface area (Å²) in [5, 5.41) is 0. The molecule has 2 unspecified atom stereocenters. The quantitative estimate of drug-likeness (QED) is 0.299. The van der Waals surface area contributed by atoms with E-state index in [-0.39, 0.29) is 19.8 Å². The van der Waals surface area contributed by atoms with Gasteiger partial charge in [0.05, 0.1) is 0 Å². The molecule has 0 bridgehead atoms. The molecule has 0 rings (SSSR count). The molecular weight excluding hydrogens is 464 g/mol. The fourth-order valence-corrected chi connectivity index (χ4v) is 1.31. The highest BCUT2D eigenvalue weighted by Gasteiger charge is 2.11. The second kappa shape index (κ2) is 10.2. The first kappa shape index (κ1) is 18.4. The van der Waals surface area contributed by atoms with E-state index >= 15 is 0 Å². The number of ether oxygens (including phenoxy) is 2. The van der Waals surface area contributed by atoms with Gasteiger partial charge in [-0.2, -0.15) is 0 Å². The Hall–Kier alpha value is 0.360. The van der Waals surface area contributed by atoms with E-state index in [1.54, 1.807) is 13.8 Å². The van der Waals surface area contributed by atoms with Crippen LogP contribution >= 0.6 is 45.2 Å². The van der Waals surface area contributed by atoms with Crippen molar-refractivity contribution >= 4 is 57.1 Å². The topological polar surface area (TPSA) is 55.8 Å². The Labute approximate surface area is 135 Å². The van der Waals surface area contributed by atoms with Crippen LogP contribution in [-0.2, 0) is 19.1 Å². The van der Waals surface area contributed by atoms with Gasteiger partial charge >= 0.3 is 11.9 Å². The van der Waals surface area contributed by atoms with Crippen molar-refractivity contribution in [1.82, 2.24) is 4.90 Å². The Morgan fingerprint density at radius 2 is 1.33 bits per heavy atom. The Morgan fingerprint density at radius 3 is 1.61 bits per heavy atom. The molecule has 0 aliphatic carbocycles. The Bertz CT molecular complexity index is 246. The van der Waals surface area contributed by atoms with Crippen LogP contribution in [0.1, 0.15) is 13.8 Å². The number of halogens is 2. The molecule has 0 aliphatic rings. The number of carbonyl (C=O) groups excluding carboxylic acids is 2. The minimum absolute atomic E-state index is 0.126. The van der Waals surface area contributed by atoms with E-state index in [0.29, 0.717) is 26.3 Å². The van der Waals surface area contributed by atoms with Gasteiger partial charge in [0.25, 0.3) is 0 Å². The van der Waals surface area contributed by atoms with Gasteiger partial charge in [-0.05, 0) is 20.9 Å². The van der Waals surface area contributed by atoms with Crippen molar-refractivity contribution < 1.29 is 19.1 Å².